The summed E-state index contributed by atoms with van der Waals surface area (Å²) in [6.45, 7) is 0. The van der Waals surface area contributed by atoms with Gasteiger partial charge in [-0.2, -0.15) is 16.8 Å². The van der Waals surface area contributed by atoms with Crippen molar-refractivity contribution >= 4 is 64.5 Å². The van der Waals surface area contributed by atoms with Crippen LogP contribution in [0, 0.1) is 0 Å². The summed E-state index contributed by atoms with van der Waals surface area (Å²) in [5, 5.41) is 38.3. The van der Waals surface area contributed by atoms with E-state index in [4.69, 9.17) is 0 Å². The predicted octanol–water partition coefficient (Wildman–Crippen LogP) is 6.73. The molecule has 0 saturated carbocycles. The number of phenolic OH excluding ortho intramolecular Hbond substituents is 2. The van der Waals surface area contributed by atoms with E-state index in [9.17, 15) is 36.2 Å². The monoisotopic (exact) mass is 578 g/mol. The van der Waals surface area contributed by atoms with Gasteiger partial charge in [0.1, 0.15) is 21.2 Å². The molecule has 5 rings (SSSR count). The molecule has 0 saturated heterocycles. The summed E-state index contributed by atoms with van der Waals surface area (Å²) in [7, 11) is -8.99. The molecule has 0 spiro atoms. The fourth-order valence-corrected chi connectivity index (χ4v) is 5.48. The van der Waals surface area contributed by atoms with Crippen LogP contribution < -0.4 is 0 Å². The zero-order valence-corrected chi connectivity index (χ0v) is 21.7. The van der Waals surface area contributed by atoms with Gasteiger partial charge in [-0.15, -0.1) is 20.5 Å². The number of fused-ring (bicyclic) bond motifs is 2. The first-order chi connectivity index (χ1) is 18.9. The van der Waals surface area contributed by atoms with Gasteiger partial charge in [0.15, 0.2) is 11.4 Å². The molecular formula is C26H18N4O8S2. The molecule has 0 unspecified atom stereocenters. The van der Waals surface area contributed by atoms with Crippen LogP contribution in [0.3, 0.4) is 0 Å². The largest absolute Gasteiger partial charge is 0.505 e. The predicted molar refractivity (Wildman–Crippen MR) is 146 cm³/mol. The first-order valence-electron chi connectivity index (χ1n) is 11.3. The first kappa shape index (κ1) is 26.8. The van der Waals surface area contributed by atoms with Crippen molar-refractivity contribution in [3.63, 3.8) is 0 Å². The van der Waals surface area contributed by atoms with E-state index in [2.05, 4.69) is 20.5 Å². The van der Waals surface area contributed by atoms with Crippen LogP contribution in [0.4, 0.5) is 22.7 Å². The summed E-state index contributed by atoms with van der Waals surface area (Å²) in [5.41, 5.74) is -0.00416. The highest BCUT2D eigenvalue weighted by Gasteiger charge is 2.18. The van der Waals surface area contributed by atoms with Crippen LogP contribution in [-0.2, 0) is 20.2 Å². The third kappa shape index (κ3) is 5.11. The maximum absolute atomic E-state index is 11.7. The third-order valence-corrected chi connectivity index (χ3v) is 7.73. The van der Waals surface area contributed by atoms with E-state index in [0.29, 0.717) is 10.8 Å². The molecule has 5 aromatic rings. The Morgan fingerprint density at radius 2 is 0.875 bits per heavy atom. The molecule has 0 radical (unpaired) electrons. The van der Waals surface area contributed by atoms with E-state index >= 15 is 0 Å². The average Bonchev–Trinajstić information content (AvgIpc) is 2.91. The summed E-state index contributed by atoms with van der Waals surface area (Å²) >= 11 is 0. The van der Waals surface area contributed by atoms with Gasteiger partial charge in [0.25, 0.3) is 20.2 Å². The van der Waals surface area contributed by atoms with Gasteiger partial charge >= 0.3 is 0 Å². The molecule has 0 fully saturated rings. The van der Waals surface area contributed by atoms with Crippen molar-refractivity contribution in [3.8, 4) is 11.5 Å². The van der Waals surface area contributed by atoms with Crippen LogP contribution in [-0.4, -0.2) is 36.2 Å². The third-order valence-electron chi connectivity index (χ3n) is 5.91. The summed E-state index contributed by atoms with van der Waals surface area (Å²) in [4.78, 5) is -0.610. The average molecular weight is 579 g/mol. The summed E-state index contributed by atoms with van der Waals surface area (Å²) in [6, 6.07) is 20.1. The Morgan fingerprint density at radius 1 is 0.475 bits per heavy atom. The highest BCUT2D eigenvalue weighted by Crippen LogP contribution is 2.45. The van der Waals surface area contributed by atoms with Crippen molar-refractivity contribution in [1.29, 1.82) is 0 Å². The first-order valence-corrected chi connectivity index (χ1v) is 14.2. The fourth-order valence-electron chi connectivity index (χ4n) is 4.08. The van der Waals surface area contributed by atoms with Crippen LogP contribution in [0.25, 0.3) is 21.5 Å². The quantitative estimate of drug-likeness (QED) is 0.125. The maximum atomic E-state index is 11.7. The summed E-state index contributed by atoms with van der Waals surface area (Å²) in [5.74, 6) is -0.993. The number of rotatable bonds is 6. The van der Waals surface area contributed by atoms with Gasteiger partial charge in [-0.3, -0.25) is 9.11 Å². The molecule has 5 aromatic carbocycles. The topological polar surface area (TPSA) is 199 Å². The molecule has 12 nitrogen and oxygen atoms in total. The lowest BCUT2D eigenvalue weighted by atomic mass is 10.1. The van der Waals surface area contributed by atoms with Crippen LogP contribution in [0.2, 0.25) is 0 Å². The van der Waals surface area contributed by atoms with Crippen molar-refractivity contribution < 1.29 is 36.2 Å². The summed E-state index contributed by atoms with van der Waals surface area (Å²) < 4.78 is 66.0. The van der Waals surface area contributed by atoms with Crippen LogP contribution in [0.1, 0.15) is 0 Å². The molecule has 0 heterocycles. The Labute approximate surface area is 227 Å². The number of nitrogens with zero attached hydrogens (tertiary/aromatic N) is 4. The van der Waals surface area contributed by atoms with Crippen molar-refractivity contribution in [2.24, 2.45) is 20.5 Å². The number of aromatic hydroxyl groups is 2. The van der Waals surface area contributed by atoms with E-state index in [-0.39, 0.29) is 43.3 Å². The minimum absolute atomic E-state index is 0.0960. The molecule has 0 bridgehead atoms. The number of hydrogen-bond donors (Lipinski definition) is 4. The Balaban J connectivity index is 1.54. The van der Waals surface area contributed by atoms with Gasteiger partial charge in [-0.05, 0) is 36.4 Å². The Hall–Kier alpha value is -4.76. The Morgan fingerprint density at radius 3 is 1.35 bits per heavy atom. The standard InChI is InChI=1S/C26H18N4O8S2/c31-22-12-9-21(29-27-19-10-13-23(39(33,34)35)17-7-3-1-5-15(17)19)26(32)25(22)30-28-20-11-14-24(40(36,37)38)18-8-4-2-6-16(18)20/h1-14,31-32H,(H,33,34,35)(H,36,37,38)/b29-27+,30-28+. The van der Waals surface area contributed by atoms with E-state index in [1.807, 2.05) is 0 Å². The second kappa shape index (κ2) is 10.1. The van der Waals surface area contributed by atoms with Crippen molar-refractivity contribution in [2.75, 3.05) is 0 Å². The lowest BCUT2D eigenvalue weighted by Crippen LogP contribution is -1.98. The normalized spacial score (nSPS) is 12.7. The van der Waals surface area contributed by atoms with Crippen molar-refractivity contribution in [3.05, 3.63) is 84.9 Å². The van der Waals surface area contributed by atoms with Gasteiger partial charge < -0.3 is 10.2 Å². The zero-order valence-electron chi connectivity index (χ0n) is 20.1. The van der Waals surface area contributed by atoms with Crippen molar-refractivity contribution in [2.45, 2.75) is 9.79 Å². The molecule has 0 amide bonds. The lowest BCUT2D eigenvalue weighted by Gasteiger charge is -2.07. The summed E-state index contributed by atoms with van der Waals surface area (Å²) in [6.07, 6.45) is 0. The molecule has 14 heteroatoms. The van der Waals surface area contributed by atoms with Gasteiger partial charge in [0.2, 0.25) is 0 Å². The molecule has 202 valence electrons. The van der Waals surface area contributed by atoms with Crippen LogP contribution in [0.15, 0.2) is 115 Å². The van der Waals surface area contributed by atoms with Crippen LogP contribution in [0.5, 0.6) is 11.5 Å². The highest BCUT2D eigenvalue weighted by atomic mass is 32.2. The van der Waals surface area contributed by atoms with Gasteiger partial charge in [0, 0.05) is 21.5 Å². The number of benzene rings is 5. The van der Waals surface area contributed by atoms with Gasteiger partial charge in [-0.25, -0.2) is 0 Å². The molecule has 0 aliphatic carbocycles. The zero-order chi connectivity index (χ0) is 28.7. The molecular weight excluding hydrogens is 560 g/mol. The lowest BCUT2D eigenvalue weighted by molar-refractivity contribution is 0.453. The molecule has 4 N–H and O–H groups in total. The smallest absolute Gasteiger partial charge is 0.295 e. The molecule has 0 aromatic heterocycles. The number of hydrogen-bond acceptors (Lipinski definition) is 10. The van der Waals surface area contributed by atoms with E-state index in [1.165, 1.54) is 42.5 Å². The highest BCUT2D eigenvalue weighted by molar-refractivity contribution is 7.86. The maximum Gasteiger partial charge on any atom is 0.295 e. The SMILES string of the molecule is O=S(=O)(O)c1ccc(/N=N/c2ccc(O)c(/N=N/c3ccc(S(=O)(=O)O)c4ccccc34)c2O)c2ccccc12. The molecule has 0 atom stereocenters. The Kier molecular flexibility index (Phi) is 6.77. The molecule has 0 aliphatic heterocycles. The minimum Gasteiger partial charge on any atom is -0.505 e. The number of azo groups is 2. The van der Waals surface area contributed by atoms with Gasteiger partial charge in [-0.1, -0.05) is 48.5 Å². The molecule has 40 heavy (non-hydrogen) atoms. The van der Waals surface area contributed by atoms with E-state index in [1.54, 1.807) is 36.4 Å². The van der Waals surface area contributed by atoms with Gasteiger partial charge in [0.05, 0.1) is 11.4 Å². The minimum atomic E-state index is -4.50. The van der Waals surface area contributed by atoms with E-state index in [0.717, 1.165) is 6.07 Å². The number of phenols is 2. The fraction of sp³-hybridized carbons (Fsp3) is 0. The van der Waals surface area contributed by atoms with E-state index < -0.39 is 31.7 Å². The Bertz CT molecular complexity index is 2090. The van der Waals surface area contributed by atoms with Crippen LogP contribution >= 0.6 is 0 Å². The molecule has 0 aliphatic rings. The second-order valence-corrected chi connectivity index (χ2v) is 11.2. The second-order valence-electron chi connectivity index (χ2n) is 8.41. The van der Waals surface area contributed by atoms with Crippen molar-refractivity contribution in [1.82, 2.24) is 0 Å².